The molecule has 1 heterocycles. The molecule has 3 rings (SSSR count). The van der Waals surface area contributed by atoms with Gasteiger partial charge >= 0.3 is 10.1 Å². The Hall–Kier alpha value is -2.65. The number of thioether (sulfide) groups is 1. The van der Waals surface area contributed by atoms with Crippen LogP contribution < -0.4 is 9.50 Å². The zero-order valence-electron chi connectivity index (χ0n) is 16.0. The first-order chi connectivity index (χ1) is 13.9. The van der Waals surface area contributed by atoms with Gasteiger partial charge in [0.05, 0.1) is 11.5 Å². The Balaban J connectivity index is 1.68. The lowest BCUT2D eigenvalue weighted by molar-refractivity contribution is -0.118. The fourth-order valence-electron chi connectivity index (χ4n) is 2.58. The first kappa shape index (κ1) is 21.1. The quantitative estimate of drug-likeness (QED) is 0.411. The van der Waals surface area contributed by atoms with Crippen molar-refractivity contribution in [3.8, 4) is 5.75 Å². The summed E-state index contributed by atoms with van der Waals surface area (Å²) in [6.07, 6.45) is 3.17. The van der Waals surface area contributed by atoms with Crippen LogP contribution in [0.5, 0.6) is 5.75 Å². The molecule has 7 nitrogen and oxygen atoms in total. The van der Waals surface area contributed by atoms with Gasteiger partial charge in [-0.1, -0.05) is 54.9 Å². The van der Waals surface area contributed by atoms with Crippen LogP contribution >= 0.6 is 11.8 Å². The highest BCUT2D eigenvalue weighted by Gasteiger charge is 2.29. The summed E-state index contributed by atoms with van der Waals surface area (Å²) < 4.78 is 30.0. The highest BCUT2D eigenvalue weighted by atomic mass is 32.2. The van der Waals surface area contributed by atoms with E-state index in [2.05, 4.69) is 15.5 Å². The van der Waals surface area contributed by atoms with Crippen LogP contribution in [-0.2, 0) is 14.9 Å². The van der Waals surface area contributed by atoms with E-state index in [-0.39, 0.29) is 21.8 Å². The summed E-state index contributed by atoms with van der Waals surface area (Å²) in [7, 11) is -3.92. The molecule has 0 aromatic heterocycles. The monoisotopic (exact) mass is 431 g/mol. The Morgan fingerprint density at radius 1 is 1.21 bits per heavy atom. The van der Waals surface area contributed by atoms with Crippen molar-refractivity contribution in [2.24, 2.45) is 10.2 Å². The molecule has 1 fully saturated rings. The number of nitrogens with zero attached hydrogens (tertiary/aromatic N) is 2. The van der Waals surface area contributed by atoms with Gasteiger partial charge in [-0.05, 0) is 43.2 Å². The highest BCUT2D eigenvalue weighted by molar-refractivity contribution is 8.15. The van der Waals surface area contributed by atoms with Crippen molar-refractivity contribution in [2.45, 2.75) is 36.8 Å². The van der Waals surface area contributed by atoms with Gasteiger partial charge in [0.15, 0.2) is 5.17 Å². The van der Waals surface area contributed by atoms with Gasteiger partial charge in [0.1, 0.15) is 10.6 Å². The molecule has 9 heteroatoms. The molecule has 1 N–H and O–H groups in total. The van der Waals surface area contributed by atoms with Crippen molar-refractivity contribution < 1.29 is 17.4 Å². The minimum Gasteiger partial charge on any atom is -0.379 e. The van der Waals surface area contributed by atoms with Gasteiger partial charge < -0.3 is 9.50 Å². The predicted molar refractivity (Wildman–Crippen MR) is 115 cm³/mol. The van der Waals surface area contributed by atoms with E-state index in [0.29, 0.717) is 10.7 Å². The molecule has 0 radical (unpaired) electrons. The van der Waals surface area contributed by atoms with Crippen molar-refractivity contribution in [2.75, 3.05) is 0 Å². The lowest BCUT2D eigenvalue weighted by Gasteiger charge is -2.07. The molecule has 2 aromatic rings. The Morgan fingerprint density at radius 3 is 2.69 bits per heavy atom. The predicted octanol–water partition coefficient (Wildman–Crippen LogP) is 3.48. The molecule has 1 aliphatic rings. The normalized spacial score (nSPS) is 18.3. The second-order valence-corrected chi connectivity index (χ2v) is 9.19. The fraction of sp³-hybridized carbons (Fsp3) is 0.250. The minimum atomic E-state index is -3.92. The minimum absolute atomic E-state index is 0.0532. The van der Waals surface area contributed by atoms with Crippen LogP contribution in [-0.4, -0.2) is 31.0 Å². The SMILES string of the molecule is CCCC1S/C(=N/N=Cc2cccc(OS(=O)(=O)c3ccc(C)cc3)c2)NC1=O. The number of aryl methyl sites for hydroxylation is 1. The van der Waals surface area contributed by atoms with Gasteiger partial charge in [-0.15, -0.1) is 5.10 Å². The van der Waals surface area contributed by atoms with Crippen molar-refractivity contribution in [1.82, 2.24) is 5.32 Å². The highest BCUT2D eigenvalue weighted by Crippen LogP contribution is 2.23. The Morgan fingerprint density at radius 2 is 1.97 bits per heavy atom. The van der Waals surface area contributed by atoms with Crippen LogP contribution in [0.2, 0.25) is 0 Å². The summed E-state index contributed by atoms with van der Waals surface area (Å²) >= 11 is 1.36. The molecule has 1 aliphatic heterocycles. The molecule has 0 saturated carbocycles. The van der Waals surface area contributed by atoms with Crippen LogP contribution in [0.3, 0.4) is 0 Å². The van der Waals surface area contributed by atoms with Crippen LogP contribution in [0.1, 0.15) is 30.9 Å². The standard InChI is InChI=1S/C20H21N3O4S2/c1-3-5-18-19(24)22-20(28-18)23-21-13-15-6-4-7-16(12-15)27-29(25,26)17-10-8-14(2)9-11-17/h4,6-13,18H,3,5H2,1-2H3,(H,22,23,24). The second kappa shape index (κ2) is 9.23. The molecule has 1 atom stereocenters. The van der Waals surface area contributed by atoms with Gasteiger partial charge in [-0.3, -0.25) is 4.79 Å². The van der Waals surface area contributed by atoms with Gasteiger partial charge in [0.2, 0.25) is 5.91 Å². The van der Waals surface area contributed by atoms with E-state index in [4.69, 9.17) is 4.18 Å². The van der Waals surface area contributed by atoms with E-state index in [1.165, 1.54) is 30.1 Å². The third-order valence-electron chi connectivity index (χ3n) is 4.06. The third kappa shape index (κ3) is 5.68. The molecule has 1 saturated heterocycles. The molecule has 1 amide bonds. The Kier molecular flexibility index (Phi) is 6.71. The molecule has 2 aromatic carbocycles. The lowest BCUT2D eigenvalue weighted by Crippen LogP contribution is -2.24. The fourth-order valence-corrected chi connectivity index (χ4v) is 4.54. The van der Waals surface area contributed by atoms with E-state index in [1.807, 2.05) is 13.8 Å². The van der Waals surface area contributed by atoms with Gasteiger partial charge in [0.25, 0.3) is 0 Å². The van der Waals surface area contributed by atoms with E-state index in [1.54, 1.807) is 36.4 Å². The second-order valence-electron chi connectivity index (χ2n) is 6.46. The summed E-state index contributed by atoms with van der Waals surface area (Å²) in [4.78, 5) is 11.9. The number of amides is 1. The van der Waals surface area contributed by atoms with Gasteiger partial charge in [0, 0.05) is 0 Å². The smallest absolute Gasteiger partial charge is 0.339 e. The largest absolute Gasteiger partial charge is 0.379 e. The Bertz CT molecular complexity index is 1050. The van der Waals surface area contributed by atoms with Gasteiger partial charge in [-0.2, -0.15) is 13.5 Å². The van der Waals surface area contributed by atoms with E-state index >= 15 is 0 Å². The van der Waals surface area contributed by atoms with Crippen molar-refractivity contribution in [3.05, 3.63) is 59.7 Å². The first-order valence-electron chi connectivity index (χ1n) is 9.07. The number of nitrogens with one attached hydrogen (secondary N) is 1. The summed E-state index contributed by atoms with van der Waals surface area (Å²) in [6, 6.07) is 12.9. The van der Waals surface area contributed by atoms with Crippen molar-refractivity contribution in [3.63, 3.8) is 0 Å². The molecule has 0 spiro atoms. The number of hydrogen-bond donors (Lipinski definition) is 1. The summed E-state index contributed by atoms with van der Waals surface area (Å²) in [5.74, 6) is 0.122. The molecule has 0 aliphatic carbocycles. The molecular weight excluding hydrogens is 410 g/mol. The number of carbonyl (C=O) groups excluding carboxylic acids is 1. The molecule has 29 heavy (non-hydrogen) atoms. The zero-order chi connectivity index (χ0) is 20.9. The summed E-state index contributed by atoms with van der Waals surface area (Å²) in [5.41, 5.74) is 1.58. The summed E-state index contributed by atoms with van der Waals surface area (Å²) in [6.45, 7) is 3.90. The average molecular weight is 432 g/mol. The van der Waals surface area contributed by atoms with Crippen molar-refractivity contribution in [1.29, 1.82) is 0 Å². The maximum absolute atomic E-state index is 12.4. The summed E-state index contributed by atoms with van der Waals surface area (Å²) in [5, 5.41) is 11.0. The number of hydrogen-bond acceptors (Lipinski definition) is 7. The van der Waals surface area contributed by atoms with Crippen LogP contribution in [0, 0.1) is 6.92 Å². The lowest BCUT2D eigenvalue weighted by atomic mass is 10.2. The van der Waals surface area contributed by atoms with E-state index in [9.17, 15) is 13.2 Å². The van der Waals surface area contributed by atoms with Crippen molar-refractivity contribution >= 4 is 39.2 Å². The van der Waals surface area contributed by atoms with E-state index < -0.39 is 10.1 Å². The number of benzene rings is 2. The number of amidine groups is 1. The van der Waals surface area contributed by atoms with Crippen LogP contribution in [0.15, 0.2) is 63.6 Å². The van der Waals surface area contributed by atoms with E-state index in [0.717, 1.165) is 18.4 Å². The maximum Gasteiger partial charge on any atom is 0.339 e. The molecule has 152 valence electrons. The van der Waals surface area contributed by atoms with Crippen LogP contribution in [0.25, 0.3) is 0 Å². The maximum atomic E-state index is 12.4. The van der Waals surface area contributed by atoms with Crippen LogP contribution in [0.4, 0.5) is 0 Å². The number of rotatable bonds is 7. The number of carbonyl (C=O) groups is 1. The Labute approximate surface area is 174 Å². The average Bonchev–Trinajstić information content (AvgIpc) is 3.02. The third-order valence-corrected chi connectivity index (χ3v) is 6.46. The first-order valence-corrected chi connectivity index (χ1v) is 11.4. The molecule has 0 bridgehead atoms. The van der Waals surface area contributed by atoms with Gasteiger partial charge in [-0.25, -0.2) is 0 Å². The molecule has 1 unspecified atom stereocenters. The topological polar surface area (TPSA) is 97.2 Å². The molecular formula is C20H21N3O4S2. The zero-order valence-corrected chi connectivity index (χ0v) is 17.7.